The van der Waals surface area contributed by atoms with Crippen LogP contribution in [0.4, 0.5) is 29.5 Å². The van der Waals surface area contributed by atoms with Crippen molar-refractivity contribution < 1.29 is 31.1 Å². The number of carbonyl (C=O) groups is 1. The first-order valence-corrected chi connectivity index (χ1v) is 12.6. The third-order valence-electron chi connectivity index (χ3n) is 4.28. The SMILES string of the molecule is CC(C)(C)OC(=O)N(c1cscn1)S(=O)(=O)c1cc(Cl)c(N[C@@H](N)c2cc(F)cc(F)c2)cc1F. The summed E-state index contributed by atoms with van der Waals surface area (Å²) in [5, 5.41) is 3.55. The Morgan fingerprint density at radius 2 is 1.80 bits per heavy atom. The van der Waals surface area contributed by atoms with Crippen LogP contribution >= 0.6 is 22.9 Å². The summed E-state index contributed by atoms with van der Waals surface area (Å²) < 4.78 is 74.1. The molecule has 188 valence electrons. The van der Waals surface area contributed by atoms with Gasteiger partial charge in [-0.15, -0.1) is 15.6 Å². The second kappa shape index (κ2) is 10.0. The summed E-state index contributed by atoms with van der Waals surface area (Å²) in [6, 6.07) is 4.10. The maximum atomic E-state index is 15.1. The first-order chi connectivity index (χ1) is 16.2. The van der Waals surface area contributed by atoms with Gasteiger partial charge < -0.3 is 15.8 Å². The number of rotatable bonds is 6. The highest BCUT2D eigenvalue weighted by atomic mass is 35.5. The number of hydrogen-bond acceptors (Lipinski definition) is 8. The zero-order valence-corrected chi connectivity index (χ0v) is 20.9. The Morgan fingerprint density at radius 1 is 1.17 bits per heavy atom. The van der Waals surface area contributed by atoms with Crippen molar-refractivity contribution in [2.45, 2.75) is 37.4 Å². The molecular formula is C21H20ClF3N4O4S2. The molecule has 1 heterocycles. The van der Waals surface area contributed by atoms with Crippen molar-refractivity contribution in [2.24, 2.45) is 5.73 Å². The molecule has 1 aromatic heterocycles. The Kier molecular flexibility index (Phi) is 7.65. The lowest BCUT2D eigenvalue weighted by Gasteiger charge is -2.26. The van der Waals surface area contributed by atoms with Gasteiger partial charge >= 0.3 is 6.09 Å². The predicted octanol–water partition coefficient (Wildman–Crippen LogP) is 5.41. The van der Waals surface area contributed by atoms with E-state index in [-0.39, 0.29) is 26.4 Å². The van der Waals surface area contributed by atoms with Crippen LogP contribution in [0, 0.1) is 17.5 Å². The van der Waals surface area contributed by atoms with Crippen LogP contribution < -0.4 is 15.4 Å². The summed E-state index contributed by atoms with van der Waals surface area (Å²) in [5.74, 6) is -3.32. The summed E-state index contributed by atoms with van der Waals surface area (Å²) in [6.45, 7) is 4.59. The van der Waals surface area contributed by atoms with Crippen molar-refractivity contribution >= 4 is 50.6 Å². The van der Waals surface area contributed by atoms with Crippen molar-refractivity contribution in [1.82, 2.24) is 4.98 Å². The zero-order valence-electron chi connectivity index (χ0n) is 18.6. The molecule has 0 saturated carbocycles. The highest BCUT2D eigenvalue weighted by Gasteiger charge is 2.38. The highest BCUT2D eigenvalue weighted by molar-refractivity contribution is 7.93. The summed E-state index contributed by atoms with van der Waals surface area (Å²) in [6.07, 6.45) is -2.51. The number of ether oxygens (including phenoxy) is 1. The van der Waals surface area contributed by atoms with E-state index in [1.165, 1.54) is 31.7 Å². The van der Waals surface area contributed by atoms with Gasteiger partial charge in [-0.05, 0) is 50.6 Å². The lowest BCUT2D eigenvalue weighted by molar-refractivity contribution is 0.0608. The van der Waals surface area contributed by atoms with Gasteiger partial charge in [0.2, 0.25) is 0 Å². The molecule has 14 heteroatoms. The van der Waals surface area contributed by atoms with Gasteiger partial charge in [-0.2, -0.15) is 0 Å². The predicted molar refractivity (Wildman–Crippen MR) is 126 cm³/mol. The molecule has 8 nitrogen and oxygen atoms in total. The number of nitrogens with one attached hydrogen (secondary N) is 1. The number of nitrogens with zero attached hydrogens (tertiary/aromatic N) is 2. The Bertz CT molecular complexity index is 1330. The van der Waals surface area contributed by atoms with E-state index in [4.69, 9.17) is 22.1 Å². The summed E-state index contributed by atoms with van der Waals surface area (Å²) in [7, 11) is -4.87. The Balaban J connectivity index is 1.99. The molecule has 0 spiro atoms. The molecule has 1 amide bonds. The number of halogens is 4. The fourth-order valence-electron chi connectivity index (χ4n) is 2.87. The van der Waals surface area contributed by atoms with Crippen molar-refractivity contribution in [3.8, 4) is 0 Å². The highest BCUT2D eigenvalue weighted by Crippen LogP contribution is 2.33. The minimum absolute atomic E-state index is 0.00435. The molecule has 0 radical (unpaired) electrons. The summed E-state index contributed by atoms with van der Waals surface area (Å²) >= 11 is 7.18. The molecule has 0 bridgehead atoms. The Hall–Kier alpha value is -2.87. The first-order valence-electron chi connectivity index (χ1n) is 9.82. The number of carbonyl (C=O) groups excluding carboxylic acids is 1. The van der Waals surface area contributed by atoms with Gasteiger partial charge in [0.05, 0.1) is 16.2 Å². The number of benzene rings is 2. The second-order valence-corrected chi connectivity index (χ2v) is 11.1. The largest absolute Gasteiger partial charge is 0.443 e. The van der Waals surface area contributed by atoms with E-state index in [1.54, 1.807) is 0 Å². The molecule has 2 aromatic carbocycles. The van der Waals surface area contributed by atoms with Crippen LogP contribution in [0.15, 0.2) is 46.1 Å². The second-order valence-electron chi connectivity index (χ2n) is 8.18. The molecule has 35 heavy (non-hydrogen) atoms. The third kappa shape index (κ3) is 6.23. The van der Waals surface area contributed by atoms with Gasteiger partial charge in [0.15, 0.2) is 5.82 Å². The van der Waals surface area contributed by atoms with E-state index in [9.17, 15) is 22.0 Å². The smallest absolute Gasteiger partial charge is 0.430 e. The number of hydrogen-bond donors (Lipinski definition) is 2. The van der Waals surface area contributed by atoms with Crippen LogP contribution in [0.5, 0.6) is 0 Å². The monoisotopic (exact) mass is 548 g/mol. The normalized spacial score (nSPS) is 12.8. The molecule has 0 aliphatic heterocycles. The van der Waals surface area contributed by atoms with Gasteiger partial charge in [0, 0.05) is 11.4 Å². The topological polar surface area (TPSA) is 115 Å². The Morgan fingerprint density at radius 3 is 2.34 bits per heavy atom. The maximum Gasteiger partial charge on any atom is 0.430 e. The van der Waals surface area contributed by atoms with Crippen molar-refractivity contribution in [3.63, 3.8) is 0 Å². The van der Waals surface area contributed by atoms with Crippen LogP contribution in [0.1, 0.15) is 32.5 Å². The molecule has 0 unspecified atom stereocenters. The molecule has 0 aliphatic rings. The number of anilines is 2. The van der Waals surface area contributed by atoms with Gasteiger partial charge in [-0.1, -0.05) is 11.6 Å². The molecule has 0 fully saturated rings. The van der Waals surface area contributed by atoms with Crippen LogP contribution in [-0.2, 0) is 14.8 Å². The number of amides is 1. The Labute approximate surface area is 208 Å². The molecule has 0 aliphatic carbocycles. The van der Waals surface area contributed by atoms with Crippen LogP contribution in [0.25, 0.3) is 0 Å². The molecule has 3 rings (SSSR count). The van der Waals surface area contributed by atoms with Gasteiger partial charge in [0.25, 0.3) is 10.0 Å². The van der Waals surface area contributed by atoms with Crippen LogP contribution in [0.3, 0.4) is 0 Å². The van der Waals surface area contributed by atoms with E-state index in [2.05, 4.69) is 10.3 Å². The van der Waals surface area contributed by atoms with Crippen molar-refractivity contribution in [3.05, 3.63) is 69.3 Å². The fraction of sp³-hybridized carbons (Fsp3) is 0.238. The lowest BCUT2D eigenvalue weighted by Crippen LogP contribution is -2.41. The fourth-order valence-corrected chi connectivity index (χ4v) is 5.08. The minimum atomic E-state index is -4.87. The van der Waals surface area contributed by atoms with E-state index < -0.39 is 50.2 Å². The average molecular weight is 549 g/mol. The van der Waals surface area contributed by atoms with Crippen LogP contribution in [0.2, 0.25) is 5.02 Å². The van der Waals surface area contributed by atoms with Gasteiger partial charge in [-0.25, -0.2) is 31.4 Å². The third-order valence-corrected chi connectivity index (χ3v) is 6.85. The minimum Gasteiger partial charge on any atom is -0.443 e. The average Bonchev–Trinajstić information content (AvgIpc) is 3.22. The van der Waals surface area contributed by atoms with E-state index in [0.29, 0.717) is 6.07 Å². The number of nitrogens with two attached hydrogens (primary N) is 1. The van der Waals surface area contributed by atoms with Crippen molar-refractivity contribution in [1.29, 1.82) is 0 Å². The number of aromatic nitrogens is 1. The van der Waals surface area contributed by atoms with Crippen molar-refractivity contribution in [2.75, 3.05) is 9.62 Å². The van der Waals surface area contributed by atoms with Crippen LogP contribution in [-0.4, -0.2) is 25.1 Å². The van der Waals surface area contributed by atoms with E-state index in [1.807, 2.05) is 0 Å². The standard InChI is InChI=1S/C21H20ClF3N4O4S2/c1-21(2,3)33-20(30)29(18-9-34-10-27-18)35(31,32)17-7-14(22)16(8-15(17)25)28-19(26)11-4-12(23)6-13(24)5-11/h4-10,19,28H,26H2,1-3H3/t19-/m1/s1. The summed E-state index contributed by atoms with van der Waals surface area (Å²) in [5.41, 5.74) is 5.97. The molecule has 3 N–H and O–H groups in total. The molecule has 1 atom stereocenters. The first kappa shape index (κ1) is 26.7. The lowest BCUT2D eigenvalue weighted by atomic mass is 10.1. The number of sulfonamides is 1. The van der Waals surface area contributed by atoms with Gasteiger partial charge in [-0.3, -0.25) is 0 Å². The van der Waals surface area contributed by atoms with E-state index >= 15 is 4.39 Å². The summed E-state index contributed by atoms with van der Waals surface area (Å²) in [4.78, 5) is 15.6. The zero-order chi connectivity index (χ0) is 26.1. The number of thiazole rings is 1. The van der Waals surface area contributed by atoms with E-state index in [0.717, 1.165) is 35.6 Å². The molecular weight excluding hydrogens is 529 g/mol. The molecule has 0 saturated heterocycles. The molecule has 3 aromatic rings. The maximum absolute atomic E-state index is 15.1. The van der Waals surface area contributed by atoms with Gasteiger partial charge in [0.1, 0.15) is 34.1 Å². The quantitative estimate of drug-likeness (QED) is 0.396.